The molecule has 1 aromatic carbocycles. The number of anilines is 1. The molecule has 0 spiro atoms. The van der Waals surface area contributed by atoms with Crippen LogP contribution in [0.4, 0.5) is 11.4 Å². The molecule has 1 heterocycles. The fraction of sp³-hybridized carbons (Fsp3) is 0.500. The van der Waals surface area contributed by atoms with E-state index in [0.29, 0.717) is 13.0 Å². The molecule has 5 heteroatoms. The first kappa shape index (κ1) is 11.9. The van der Waals surface area contributed by atoms with Gasteiger partial charge in [0.25, 0.3) is 5.69 Å². The minimum Gasteiger partial charge on any atom is -0.388 e. The third-order valence-corrected chi connectivity index (χ3v) is 3.20. The van der Waals surface area contributed by atoms with Gasteiger partial charge >= 0.3 is 0 Å². The van der Waals surface area contributed by atoms with Crippen LogP contribution in [0.15, 0.2) is 18.2 Å². The van der Waals surface area contributed by atoms with Crippen LogP contribution in [0, 0.1) is 17.0 Å². The zero-order valence-electron chi connectivity index (χ0n) is 10.0. The lowest BCUT2D eigenvalue weighted by Gasteiger charge is -2.22. The Kier molecular flexibility index (Phi) is 2.79. The van der Waals surface area contributed by atoms with Gasteiger partial charge in [0.05, 0.1) is 10.5 Å². The summed E-state index contributed by atoms with van der Waals surface area (Å²) in [5, 5.41) is 20.7. The molecule has 0 amide bonds. The van der Waals surface area contributed by atoms with E-state index in [1.165, 1.54) is 6.07 Å². The second-order valence-electron chi connectivity index (χ2n) is 4.90. The summed E-state index contributed by atoms with van der Waals surface area (Å²) in [6, 6.07) is 4.84. The summed E-state index contributed by atoms with van der Waals surface area (Å²) in [6.07, 6.45) is 0.690. The molecule has 1 fully saturated rings. The number of β-amino-alcohol motifs (C(OH)–C–C–N with tert-alkyl or cyclic N) is 1. The quantitative estimate of drug-likeness (QED) is 0.628. The Bertz CT molecular complexity index is 457. The highest BCUT2D eigenvalue weighted by Crippen LogP contribution is 2.31. The van der Waals surface area contributed by atoms with E-state index in [0.717, 1.165) is 17.8 Å². The van der Waals surface area contributed by atoms with Crippen molar-refractivity contribution in [1.29, 1.82) is 0 Å². The third kappa shape index (κ3) is 2.39. The molecule has 0 radical (unpaired) electrons. The van der Waals surface area contributed by atoms with E-state index in [9.17, 15) is 15.2 Å². The summed E-state index contributed by atoms with van der Waals surface area (Å²) in [5.41, 5.74) is 1.24. The smallest absolute Gasteiger partial charge is 0.271 e. The first-order chi connectivity index (χ1) is 7.89. The van der Waals surface area contributed by atoms with Crippen LogP contribution in [0.2, 0.25) is 0 Å². The molecular formula is C12H16N2O3. The normalized spacial score (nSPS) is 24.1. The van der Waals surface area contributed by atoms with Gasteiger partial charge in [0, 0.05) is 30.9 Å². The lowest BCUT2D eigenvalue weighted by Crippen LogP contribution is -2.29. The zero-order valence-corrected chi connectivity index (χ0v) is 10.0. The molecule has 1 aliphatic heterocycles. The Morgan fingerprint density at radius 1 is 1.53 bits per heavy atom. The maximum atomic E-state index is 10.7. The standard InChI is InChI=1S/C12H16N2O3/c1-9-3-4-10(14(16)17)7-11(9)13-6-5-12(2,15)8-13/h3-4,7,15H,5-6,8H2,1-2H3. The van der Waals surface area contributed by atoms with E-state index in [1.54, 1.807) is 19.1 Å². The van der Waals surface area contributed by atoms with Crippen LogP contribution in [0.3, 0.4) is 0 Å². The van der Waals surface area contributed by atoms with Gasteiger partial charge in [-0.15, -0.1) is 0 Å². The van der Waals surface area contributed by atoms with E-state index in [4.69, 9.17) is 0 Å². The molecule has 1 aliphatic rings. The minimum atomic E-state index is -0.697. The van der Waals surface area contributed by atoms with E-state index >= 15 is 0 Å². The van der Waals surface area contributed by atoms with Crippen LogP contribution in [-0.4, -0.2) is 28.7 Å². The first-order valence-corrected chi connectivity index (χ1v) is 5.61. The average Bonchev–Trinajstić information content (AvgIpc) is 2.59. The molecule has 0 bridgehead atoms. The summed E-state index contributed by atoms with van der Waals surface area (Å²) >= 11 is 0. The Balaban J connectivity index is 2.32. The summed E-state index contributed by atoms with van der Waals surface area (Å²) in [7, 11) is 0. The number of hydrogen-bond acceptors (Lipinski definition) is 4. The van der Waals surface area contributed by atoms with Crippen molar-refractivity contribution in [2.45, 2.75) is 25.9 Å². The van der Waals surface area contributed by atoms with E-state index < -0.39 is 10.5 Å². The van der Waals surface area contributed by atoms with Crippen LogP contribution < -0.4 is 4.90 Å². The summed E-state index contributed by atoms with van der Waals surface area (Å²) in [4.78, 5) is 12.4. The summed E-state index contributed by atoms with van der Waals surface area (Å²) in [5.74, 6) is 0. The largest absolute Gasteiger partial charge is 0.388 e. The first-order valence-electron chi connectivity index (χ1n) is 5.61. The van der Waals surface area contributed by atoms with Gasteiger partial charge in [-0.05, 0) is 25.8 Å². The van der Waals surface area contributed by atoms with Crippen molar-refractivity contribution in [1.82, 2.24) is 0 Å². The average molecular weight is 236 g/mol. The monoisotopic (exact) mass is 236 g/mol. The van der Waals surface area contributed by atoms with Crippen molar-refractivity contribution < 1.29 is 10.0 Å². The minimum absolute atomic E-state index is 0.0946. The lowest BCUT2D eigenvalue weighted by molar-refractivity contribution is -0.384. The van der Waals surface area contributed by atoms with E-state index in [2.05, 4.69) is 0 Å². The Morgan fingerprint density at radius 3 is 2.76 bits per heavy atom. The van der Waals surface area contributed by atoms with E-state index in [1.807, 2.05) is 11.8 Å². The number of hydrogen-bond donors (Lipinski definition) is 1. The highest BCUT2D eigenvalue weighted by Gasteiger charge is 2.32. The Labute approximate surface area is 99.8 Å². The van der Waals surface area contributed by atoms with Crippen molar-refractivity contribution in [2.24, 2.45) is 0 Å². The van der Waals surface area contributed by atoms with E-state index in [-0.39, 0.29) is 5.69 Å². The molecule has 1 N–H and O–H groups in total. The van der Waals surface area contributed by atoms with Gasteiger partial charge < -0.3 is 10.0 Å². The highest BCUT2D eigenvalue weighted by molar-refractivity contribution is 5.59. The van der Waals surface area contributed by atoms with Gasteiger partial charge in [-0.25, -0.2) is 0 Å². The molecule has 0 aromatic heterocycles. The maximum Gasteiger partial charge on any atom is 0.271 e. The molecule has 0 saturated carbocycles. The molecule has 5 nitrogen and oxygen atoms in total. The van der Waals surface area contributed by atoms with Crippen molar-refractivity contribution in [3.8, 4) is 0 Å². The molecule has 2 rings (SSSR count). The number of aliphatic hydroxyl groups is 1. The van der Waals surface area contributed by atoms with Crippen molar-refractivity contribution in [3.63, 3.8) is 0 Å². The predicted molar refractivity (Wildman–Crippen MR) is 65.3 cm³/mol. The molecule has 1 atom stereocenters. The van der Waals surface area contributed by atoms with Gasteiger partial charge in [-0.1, -0.05) is 6.07 Å². The second-order valence-corrected chi connectivity index (χ2v) is 4.90. The van der Waals surface area contributed by atoms with Crippen molar-refractivity contribution in [3.05, 3.63) is 33.9 Å². The molecule has 1 saturated heterocycles. The van der Waals surface area contributed by atoms with Crippen LogP contribution >= 0.6 is 0 Å². The molecular weight excluding hydrogens is 220 g/mol. The summed E-state index contributed by atoms with van der Waals surface area (Å²) in [6.45, 7) is 4.97. The van der Waals surface area contributed by atoms with Crippen LogP contribution in [0.5, 0.6) is 0 Å². The summed E-state index contributed by atoms with van der Waals surface area (Å²) < 4.78 is 0. The zero-order chi connectivity index (χ0) is 12.6. The fourth-order valence-electron chi connectivity index (χ4n) is 2.20. The van der Waals surface area contributed by atoms with Crippen LogP contribution in [0.1, 0.15) is 18.9 Å². The molecule has 1 aromatic rings. The predicted octanol–water partition coefficient (Wildman–Crippen LogP) is 1.86. The van der Waals surface area contributed by atoms with Gasteiger partial charge in [-0.2, -0.15) is 0 Å². The lowest BCUT2D eigenvalue weighted by atomic mass is 10.1. The molecule has 0 aliphatic carbocycles. The fourth-order valence-corrected chi connectivity index (χ4v) is 2.20. The van der Waals surface area contributed by atoms with Gasteiger partial charge in [-0.3, -0.25) is 10.1 Å². The third-order valence-electron chi connectivity index (χ3n) is 3.20. The highest BCUT2D eigenvalue weighted by atomic mass is 16.6. The van der Waals surface area contributed by atoms with Crippen LogP contribution in [-0.2, 0) is 0 Å². The molecule has 1 unspecified atom stereocenters. The Hall–Kier alpha value is -1.62. The Morgan fingerprint density at radius 2 is 2.24 bits per heavy atom. The van der Waals surface area contributed by atoms with Crippen molar-refractivity contribution in [2.75, 3.05) is 18.0 Å². The number of nitro benzene ring substituents is 1. The number of rotatable bonds is 2. The number of aryl methyl sites for hydroxylation is 1. The maximum absolute atomic E-state index is 10.7. The molecule has 17 heavy (non-hydrogen) atoms. The number of non-ortho nitro benzene ring substituents is 1. The van der Waals surface area contributed by atoms with Crippen LogP contribution in [0.25, 0.3) is 0 Å². The number of nitrogens with zero attached hydrogens (tertiary/aromatic N) is 2. The number of nitro groups is 1. The number of benzene rings is 1. The second kappa shape index (κ2) is 4.00. The van der Waals surface area contributed by atoms with Crippen molar-refractivity contribution >= 4 is 11.4 Å². The van der Waals surface area contributed by atoms with Gasteiger partial charge in [0.1, 0.15) is 0 Å². The van der Waals surface area contributed by atoms with Gasteiger partial charge in [0.2, 0.25) is 0 Å². The SMILES string of the molecule is Cc1ccc([N+](=O)[O-])cc1N1CCC(C)(O)C1. The van der Waals surface area contributed by atoms with Gasteiger partial charge in [0.15, 0.2) is 0 Å². The topological polar surface area (TPSA) is 66.6 Å². The molecule has 92 valence electrons.